The van der Waals surface area contributed by atoms with Gasteiger partial charge in [-0.15, -0.1) is 0 Å². The normalized spacial score (nSPS) is 23.4. The lowest BCUT2D eigenvalue weighted by molar-refractivity contribution is -0.148. The molecule has 2 rings (SSSR count). The van der Waals surface area contributed by atoms with Crippen molar-refractivity contribution in [3.05, 3.63) is 28.5 Å². The van der Waals surface area contributed by atoms with Crippen molar-refractivity contribution in [2.45, 2.75) is 24.7 Å². The molecule has 1 unspecified atom stereocenters. The SMILES string of the molecule is CCC1(C(=O)O)CCN(S(=O)(=O)c2ccc(Br)cc2F)C1. The first-order chi connectivity index (χ1) is 9.73. The third-order valence-electron chi connectivity index (χ3n) is 3.96. The summed E-state index contributed by atoms with van der Waals surface area (Å²) >= 11 is 3.07. The van der Waals surface area contributed by atoms with Gasteiger partial charge in [0.1, 0.15) is 10.7 Å². The molecule has 0 aliphatic carbocycles. The van der Waals surface area contributed by atoms with E-state index in [0.717, 1.165) is 10.4 Å². The highest BCUT2D eigenvalue weighted by Gasteiger charge is 2.47. The van der Waals surface area contributed by atoms with Crippen LogP contribution in [-0.4, -0.2) is 36.9 Å². The standard InChI is InChI=1S/C13H15BrFNO4S/c1-2-13(12(17)18)5-6-16(8-13)21(19,20)11-4-3-9(14)7-10(11)15/h3-4,7H,2,5-6,8H2,1H3,(H,17,18). The van der Waals surface area contributed by atoms with Crippen LogP contribution in [0.15, 0.2) is 27.6 Å². The third-order valence-corrected chi connectivity index (χ3v) is 6.33. The minimum absolute atomic E-state index is 0.0813. The van der Waals surface area contributed by atoms with Crippen molar-refractivity contribution in [1.82, 2.24) is 4.31 Å². The summed E-state index contributed by atoms with van der Waals surface area (Å²) in [6.07, 6.45) is 0.563. The minimum atomic E-state index is -4.03. The van der Waals surface area contributed by atoms with Gasteiger partial charge >= 0.3 is 5.97 Å². The van der Waals surface area contributed by atoms with E-state index in [-0.39, 0.29) is 19.5 Å². The summed E-state index contributed by atoms with van der Waals surface area (Å²) in [5, 5.41) is 9.31. The molecule has 116 valence electrons. The summed E-state index contributed by atoms with van der Waals surface area (Å²) in [4.78, 5) is 10.9. The fourth-order valence-electron chi connectivity index (χ4n) is 2.48. The van der Waals surface area contributed by atoms with E-state index in [4.69, 9.17) is 0 Å². The Bertz CT molecular complexity index is 679. The second kappa shape index (κ2) is 5.66. The Morgan fingerprint density at radius 2 is 2.19 bits per heavy atom. The molecule has 1 saturated heterocycles. The summed E-state index contributed by atoms with van der Waals surface area (Å²) < 4.78 is 40.3. The van der Waals surface area contributed by atoms with Gasteiger partial charge in [-0.3, -0.25) is 4.79 Å². The Balaban J connectivity index is 2.36. The van der Waals surface area contributed by atoms with Gasteiger partial charge in [-0.05, 0) is 31.0 Å². The van der Waals surface area contributed by atoms with E-state index in [0.29, 0.717) is 10.9 Å². The van der Waals surface area contributed by atoms with Crippen LogP contribution in [0.4, 0.5) is 4.39 Å². The maximum absolute atomic E-state index is 13.9. The van der Waals surface area contributed by atoms with E-state index in [2.05, 4.69) is 15.9 Å². The number of nitrogens with zero attached hydrogens (tertiary/aromatic N) is 1. The Labute approximate surface area is 130 Å². The third kappa shape index (κ3) is 2.84. The summed E-state index contributed by atoms with van der Waals surface area (Å²) in [5.41, 5.74) is -1.08. The zero-order valence-corrected chi connectivity index (χ0v) is 13.7. The highest BCUT2D eigenvalue weighted by molar-refractivity contribution is 9.10. The molecular formula is C13H15BrFNO4S. The largest absolute Gasteiger partial charge is 0.481 e. The number of aliphatic carboxylic acids is 1. The van der Waals surface area contributed by atoms with Gasteiger partial charge in [-0.25, -0.2) is 12.8 Å². The summed E-state index contributed by atoms with van der Waals surface area (Å²) in [5.74, 6) is -1.87. The summed E-state index contributed by atoms with van der Waals surface area (Å²) in [7, 11) is -4.03. The molecule has 8 heteroatoms. The van der Waals surface area contributed by atoms with Crippen LogP contribution in [0.5, 0.6) is 0 Å². The van der Waals surface area contributed by atoms with Crippen LogP contribution < -0.4 is 0 Å². The molecule has 5 nitrogen and oxygen atoms in total. The lowest BCUT2D eigenvalue weighted by atomic mass is 9.85. The Morgan fingerprint density at radius 3 is 2.67 bits per heavy atom. The van der Waals surface area contributed by atoms with E-state index in [9.17, 15) is 22.7 Å². The predicted octanol–water partition coefficient (Wildman–Crippen LogP) is 2.46. The molecule has 1 aliphatic rings. The smallest absolute Gasteiger partial charge is 0.311 e. The van der Waals surface area contributed by atoms with Gasteiger partial charge in [0.25, 0.3) is 0 Å². The number of hydrogen-bond donors (Lipinski definition) is 1. The van der Waals surface area contributed by atoms with Crippen LogP contribution in [0, 0.1) is 11.2 Å². The lowest BCUT2D eigenvalue weighted by Crippen LogP contribution is -2.36. The van der Waals surface area contributed by atoms with Crippen LogP contribution in [0.3, 0.4) is 0 Å². The number of benzene rings is 1. The van der Waals surface area contributed by atoms with Gasteiger partial charge < -0.3 is 5.11 Å². The first-order valence-corrected chi connectivity index (χ1v) is 8.65. The fraction of sp³-hybridized carbons (Fsp3) is 0.462. The van der Waals surface area contributed by atoms with E-state index >= 15 is 0 Å². The molecule has 0 radical (unpaired) electrons. The molecule has 1 N–H and O–H groups in total. The van der Waals surface area contributed by atoms with Crippen molar-refractivity contribution in [2.75, 3.05) is 13.1 Å². The topological polar surface area (TPSA) is 74.7 Å². The molecular weight excluding hydrogens is 365 g/mol. The monoisotopic (exact) mass is 379 g/mol. The van der Waals surface area contributed by atoms with Crippen LogP contribution in [0.1, 0.15) is 19.8 Å². The molecule has 21 heavy (non-hydrogen) atoms. The van der Waals surface area contributed by atoms with Crippen LogP contribution in [0.25, 0.3) is 0 Å². The average Bonchev–Trinajstić information content (AvgIpc) is 2.84. The molecule has 1 heterocycles. The maximum atomic E-state index is 13.9. The molecule has 0 aromatic heterocycles. The number of sulfonamides is 1. The number of carbonyl (C=O) groups is 1. The molecule has 0 amide bonds. The second-order valence-corrected chi connectivity index (χ2v) is 7.92. The first kappa shape index (κ1) is 16.4. The van der Waals surface area contributed by atoms with Crippen molar-refractivity contribution in [2.24, 2.45) is 5.41 Å². The molecule has 1 fully saturated rings. The Kier molecular flexibility index (Phi) is 4.41. The molecule has 0 spiro atoms. The van der Waals surface area contributed by atoms with Crippen molar-refractivity contribution in [1.29, 1.82) is 0 Å². The zero-order chi connectivity index (χ0) is 15.8. The van der Waals surface area contributed by atoms with Gasteiger partial charge in [-0.2, -0.15) is 4.31 Å². The Morgan fingerprint density at radius 1 is 1.52 bits per heavy atom. The maximum Gasteiger partial charge on any atom is 0.311 e. The Hall–Kier alpha value is -0.990. The zero-order valence-electron chi connectivity index (χ0n) is 11.3. The quantitative estimate of drug-likeness (QED) is 0.871. The molecule has 0 bridgehead atoms. The average molecular weight is 380 g/mol. The molecule has 0 saturated carbocycles. The highest BCUT2D eigenvalue weighted by Crippen LogP contribution is 2.37. The van der Waals surface area contributed by atoms with Crippen molar-refractivity contribution < 1.29 is 22.7 Å². The molecule has 1 aromatic rings. The molecule has 1 aliphatic heterocycles. The number of halogens is 2. The van der Waals surface area contributed by atoms with Gasteiger partial charge in [0.05, 0.1) is 5.41 Å². The fourth-order valence-corrected chi connectivity index (χ4v) is 4.38. The van der Waals surface area contributed by atoms with Gasteiger partial charge in [0.15, 0.2) is 0 Å². The first-order valence-electron chi connectivity index (χ1n) is 6.41. The van der Waals surface area contributed by atoms with Gasteiger partial charge in [0.2, 0.25) is 10.0 Å². The highest BCUT2D eigenvalue weighted by atomic mass is 79.9. The van der Waals surface area contributed by atoms with E-state index in [1.165, 1.54) is 12.1 Å². The van der Waals surface area contributed by atoms with Crippen LogP contribution in [0.2, 0.25) is 0 Å². The number of carboxylic acids is 1. The van der Waals surface area contributed by atoms with Crippen molar-refractivity contribution in [3.63, 3.8) is 0 Å². The molecule has 1 atom stereocenters. The van der Waals surface area contributed by atoms with Crippen LogP contribution >= 0.6 is 15.9 Å². The summed E-state index contributed by atoms with van der Waals surface area (Å²) in [6.45, 7) is 1.67. The number of hydrogen-bond acceptors (Lipinski definition) is 3. The second-order valence-electron chi connectivity index (χ2n) is 5.10. The van der Waals surface area contributed by atoms with Gasteiger partial charge in [-0.1, -0.05) is 22.9 Å². The van der Waals surface area contributed by atoms with Crippen molar-refractivity contribution in [3.8, 4) is 0 Å². The lowest BCUT2D eigenvalue weighted by Gasteiger charge is -2.23. The number of carboxylic acid groups (broad SMARTS) is 1. The summed E-state index contributed by atoms with van der Waals surface area (Å²) in [6, 6.07) is 3.70. The van der Waals surface area contributed by atoms with E-state index in [1.807, 2.05) is 0 Å². The van der Waals surface area contributed by atoms with E-state index < -0.39 is 32.1 Å². The van der Waals surface area contributed by atoms with Crippen molar-refractivity contribution >= 4 is 31.9 Å². The van der Waals surface area contributed by atoms with Crippen LogP contribution in [-0.2, 0) is 14.8 Å². The predicted molar refractivity (Wildman–Crippen MR) is 77.8 cm³/mol. The van der Waals surface area contributed by atoms with Gasteiger partial charge in [0, 0.05) is 17.6 Å². The number of rotatable bonds is 4. The van der Waals surface area contributed by atoms with E-state index in [1.54, 1.807) is 6.92 Å². The minimum Gasteiger partial charge on any atom is -0.481 e. The molecule has 1 aromatic carbocycles.